The van der Waals surface area contributed by atoms with Gasteiger partial charge in [0, 0.05) is 16.8 Å². The van der Waals surface area contributed by atoms with Crippen LogP contribution in [0.5, 0.6) is 5.75 Å². The van der Waals surface area contributed by atoms with Crippen molar-refractivity contribution in [1.29, 1.82) is 0 Å². The van der Waals surface area contributed by atoms with Crippen molar-refractivity contribution in [1.82, 2.24) is 4.90 Å². The Kier molecular flexibility index (Phi) is 5.89. The fourth-order valence-corrected chi connectivity index (χ4v) is 3.19. The molecule has 1 heterocycles. The molecule has 2 aromatic rings. The van der Waals surface area contributed by atoms with Gasteiger partial charge in [0.05, 0.1) is 11.6 Å². The molecule has 0 unspecified atom stereocenters. The maximum Gasteiger partial charge on any atom is 0.332 e. The molecule has 0 aromatic heterocycles. The Hall–Kier alpha value is -2.28. The summed E-state index contributed by atoms with van der Waals surface area (Å²) in [4.78, 5) is 27.6. The molecule has 2 aromatic carbocycles. The fourth-order valence-electron chi connectivity index (χ4n) is 2.85. The third-order valence-corrected chi connectivity index (χ3v) is 4.75. The highest BCUT2D eigenvalue weighted by molar-refractivity contribution is 6.34. The zero-order valence-corrected chi connectivity index (χ0v) is 16.0. The number of aliphatic hydroxyl groups excluding tert-OH is 1. The van der Waals surface area contributed by atoms with E-state index in [-0.39, 0.29) is 19.1 Å². The number of para-hydroxylation sites is 1. The van der Waals surface area contributed by atoms with Gasteiger partial charge < -0.3 is 9.84 Å². The molecule has 1 aliphatic heterocycles. The van der Waals surface area contributed by atoms with Crippen LogP contribution in [0.15, 0.2) is 48.5 Å². The zero-order valence-electron chi connectivity index (χ0n) is 14.5. The van der Waals surface area contributed by atoms with Gasteiger partial charge in [0.25, 0.3) is 5.91 Å². The topological polar surface area (TPSA) is 70.1 Å². The number of hydrogen-bond donors (Lipinski definition) is 1. The van der Waals surface area contributed by atoms with Crippen LogP contribution in [-0.2, 0) is 4.79 Å². The standard InChI is InChI=1S/C19H18Cl2N2O4/c1-12-18(25)22(19(26)23(12)14-5-3-2-4-6-14)10-15(24)11-27-17-9-13(20)7-8-16(17)21/h2-9,12,15,24H,10-11H2,1H3/t12-,15-/m1/s1. The van der Waals surface area contributed by atoms with E-state index in [1.165, 1.54) is 11.0 Å². The molecule has 27 heavy (non-hydrogen) atoms. The molecule has 0 bridgehead atoms. The Bertz CT molecular complexity index is 847. The number of aliphatic hydroxyl groups is 1. The summed E-state index contributed by atoms with van der Waals surface area (Å²) >= 11 is 11.9. The van der Waals surface area contributed by atoms with Gasteiger partial charge >= 0.3 is 6.03 Å². The smallest absolute Gasteiger partial charge is 0.332 e. The van der Waals surface area contributed by atoms with Crippen LogP contribution in [0.1, 0.15) is 6.92 Å². The molecule has 0 aliphatic carbocycles. The van der Waals surface area contributed by atoms with E-state index in [0.717, 1.165) is 4.90 Å². The van der Waals surface area contributed by atoms with Crippen molar-refractivity contribution in [2.75, 3.05) is 18.1 Å². The fraction of sp³-hybridized carbons (Fsp3) is 0.263. The van der Waals surface area contributed by atoms with E-state index < -0.39 is 18.2 Å². The van der Waals surface area contributed by atoms with Gasteiger partial charge in [-0.05, 0) is 31.2 Å². The van der Waals surface area contributed by atoms with E-state index in [2.05, 4.69) is 0 Å². The third-order valence-electron chi connectivity index (χ3n) is 4.20. The molecule has 0 saturated carbocycles. The lowest BCUT2D eigenvalue weighted by atomic mass is 10.2. The number of benzene rings is 2. The number of halogens is 2. The zero-order chi connectivity index (χ0) is 19.6. The van der Waals surface area contributed by atoms with Gasteiger partial charge in [0.1, 0.15) is 24.5 Å². The highest BCUT2D eigenvalue weighted by Gasteiger charge is 2.43. The molecule has 1 fully saturated rings. The Morgan fingerprint density at radius 2 is 1.85 bits per heavy atom. The minimum absolute atomic E-state index is 0.142. The molecule has 2 atom stereocenters. The van der Waals surface area contributed by atoms with Crippen molar-refractivity contribution in [3.8, 4) is 5.75 Å². The largest absolute Gasteiger partial charge is 0.489 e. The quantitative estimate of drug-likeness (QED) is 0.741. The summed E-state index contributed by atoms with van der Waals surface area (Å²) < 4.78 is 5.47. The highest BCUT2D eigenvalue weighted by Crippen LogP contribution is 2.28. The normalized spacial score (nSPS) is 18.1. The summed E-state index contributed by atoms with van der Waals surface area (Å²) in [6.07, 6.45) is -1.07. The predicted molar refractivity (Wildman–Crippen MR) is 103 cm³/mol. The number of carbonyl (C=O) groups excluding carboxylic acids is 2. The second kappa shape index (κ2) is 8.17. The summed E-state index contributed by atoms with van der Waals surface area (Å²) in [6, 6.07) is 12.5. The van der Waals surface area contributed by atoms with Gasteiger partial charge in [0.2, 0.25) is 0 Å². The van der Waals surface area contributed by atoms with E-state index in [0.29, 0.717) is 21.5 Å². The van der Waals surface area contributed by atoms with Crippen LogP contribution >= 0.6 is 23.2 Å². The van der Waals surface area contributed by atoms with Gasteiger partial charge in [0.15, 0.2) is 0 Å². The number of anilines is 1. The van der Waals surface area contributed by atoms with Gasteiger partial charge in [-0.3, -0.25) is 14.6 Å². The first-order valence-corrected chi connectivity index (χ1v) is 9.09. The average Bonchev–Trinajstić information content (AvgIpc) is 2.86. The number of amides is 3. The molecule has 8 heteroatoms. The number of carbonyl (C=O) groups is 2. The lowest BCUT2D eigenvalue weighted by Crippen LogP contribution is -2.40. The van der Waals surface area contributed by atoms with E-state index in [9.17, 15) is 14.7 Å². The lowest BCUT2D eigenvalue weighted by molar-refractivity contribution is -0.128. The van der Waals surface area contributed by atoms with Crippen LogP contribution in [0.2, 0.25) is 10.0 Å². The summed E-state index contributed by atoms with van der Waals surface area (Å²) in [6.45, 7) is 1.34. The molecule has 3 amide bonds. The van der Waals surface area contributed by atoms with Crippen LogP contribution in [0.25, 0.3) is 0 Å². The number of imide groups is 1. The second-order valence-electron chi connectivity index (χ2n) is 6.15. The molecular formula is C19H18Cl2N2O4. The van der Waals surface area contributed by atoms with Gasteiger partial charge in [-0.1, -0.05) is 41.4 Å². The maximum atomic E-state index is 12.7. The molecule has 1 aliphatic rings. The van der Waals surface area contributed by atoms with Crippen LogP contribution in [0.4, 0.5) is 10.5 Å². The summed E-state index contributed by atoms with van der Waals surface area (Å²) in [5.41, 5.74) is 0.627. The van der Waals surface area contributed by atoms with Gasteiger partial charge in [-0.15, -0.1) is 0 Å². The van der Waals surface area contributed by atoms with Crippen molar-refractivity contribution >= 4 is 40.8 Å². The summed E-state index contributed by atoms with van der Waals surface area (Å²) in [5.74, 6) is -0.0507. The third kappa shape index (κ3) is 4.18. The molecule has 142 valence electrons. The molecular weight excluding hydrogens is 391 g/mol. The summed E-state index contributed by atoms with van der Waals surface area (Å²) in [5, 5.41) is 11.0. The van der Waals surface area contributed by atoms with Gasteiger partial charge in [-0.2, -0.15) is 0 Å². The first kappa shape index (κ1) is 19.5. The van der Waals surface area contributed by atoms with Crippen molar-refractivity contribution in [2.45, 2.75) is 19.1 Å². The van der Waals surface area contributed by atoms with Crippen molar-refractivity contribution in [3.05, 3.63) is 58.6 Å². The Labute approximate surface area is 166 Å². The molecule has 0 radical (unpaired) electrons. The average molecular weight is 409 g/mol. The number of urea groups is 1. The number of β-amino-alcohol motifs (C(OH)–C–C–N with tert-alkyl or cyclic N) is 1. The first-order valence-electron chi connectivity index (χ1n) is 8.34. The Morgan fingerprint density at radius 3 is 2.56 bits per heavy atom. The number of hydrogen-bond acceptors (Lipinski definition) is 4. The van der Waals surface area contributed by atoms with E-state index in [1.807, 2.05) is 6.07 Å². The van der Waals surface area contributed by atoms with Crippen molar-refractivity contribution < 1.29 is 19.4 Å². The highest BCUT2D eigenvalue weighted by atomic mass is 35.5. The van der Waals surface area contributed by atoms with Crippen molar-refractivity contribution in [2.24, 2.45) is 0 Å². The van der Waals surface area contributed by atoms with Crippen LogP contribution in [0, 0.1) is 0 Å². The Balaban J connectivity index is 1.65. The second-order valence-corrected chi connectivity index (χ2v) is 7.00. The van der Waals surface area contributed by atoms with Gasteiger partial charge in [-0.25, -0.2) is 4.79 Å². The minimum Gasteiger partial charge on any atom is -0.489 e. The van der Waals surface area contributed by atoms with Crippen LogP contribution in [-0.4, -0.2) is 47.2 Å². The number of ether oxygens (including phenoxy) is 1. The minimum atomic E-state index is -1.07. The van der Waals surface area contributed by atoms with Crippen LogP contribution in [0.3, 0.4) is 0 Å². The molecule has 1 N–H and O–H groups in total. The predicted octanol–water partition coefficient (Wildman–Crippen LogP) is 3.59. The van der Waals surface area contributed by atoms with E-state index in [4.69, 9.17) is 27.9 Å². The molecule has 3 rings (SSSR count). The SMILES string of the molecule is C[C@@H]1C(=O)N(C[C@@H](O)COc2cc(Cl)ccc2Cl)C(=O)N1c1ccccc1. The monoisotopic (exact) mass is 408 g/mol. The Morgan fingerprint density at radius 1 is 1.15 bits per heavy atom. The van der Waals surface area contributed by atoms with E-state index >= 15 is 0 Å². The number of rotatable bonds is 6. The first-order chi connectivity index (χ1) is 12.9. The molecule has 1 saturated heterocycles. The van der Waals surface area contributed by atoms with E-state index in [1.54, 1.807) is 43.3 Å². The van der Waals surface area contributed by atoms with Crippen LogP contribution < -0.4 is 9.64 Å². The lowest BCUT2D eigenvalue weighted by Gasteiger charge is -2.20. The molecule has 0 spiro atoms. The van der Waals surface area contributed by atoms with Crippen molar-refractivity contribution in [3.63, 3.8) is 0 Å². The number of nitrogens with zero attached hydrogens (tertiary/aromatic N) is 2. The molecule has 6 nitrogen and oxygen atoms in total. The summed E-state index contributed by atoms with van der Waals surface area (Å²) in [7, 11) is 0. The maximum absolute atomic E-state index is 12.7.